The van der Waals surface area contributed by atoms with Crippen LogP contribution < -0.4 is 14.8 Å². The van der Waals surface area contributed by atoms with Gasteiger partial charge in [-0.05, 0) is 43.0 Å². The van der Waals surface area contributed by atoms with Crippen LogP contribution in [0.3, 0.4) is 0 Å². The highest BCUT2D eigenvalue weighted by Gasteiger charge is 2.08. The molecule has 4 heteroatoms. The lowest BCUT2D eigenvalue weighted by atomic mass is 10.1. The molecule has 0 aromatic heterocycles. The molecule has 0 bridgehead atoms. The van der Waals surface area contributed by atoms with Crippen LogP contribution in [0, 0.1) is 0 Å². The van der Waals surface area contributed by atoms with Crippen LogP contribution in [0.2, 0.25) is 0 Å². The number of hydrogen-bond donors (Lipinski definition) is 1. The first-order chi connectivity index (χ1) is 12.2. The van der Waals surface area contributed by atoms with Gasteiger partial charge >= 0.3 is 0 Å². The van der Waals surface area contributed by atoms with E-state index in [1.165, 1.54) is 5.56 Å². The van der Waals surface area contributed by atoms with Gasteiger partial charge in [0.05, 0.1) is 7.11 Å². The summed E-state index contributed by atoms with van der Waals surface area (Å²) in [5.41, 5.74) is 2.30. The second kappa shape index (κ2) is 10.2. The van der Waals surface area contributed by atoms with E-state index in [1.54, 1.807) is 7.11 Å². The number of amides is 1. The van der Waals surface area contributed by atoms with Gasteiger partial charge in [0.2, 0.25) is 0 Å². The summed E-state index contributed by atoms with van der Waals surface area (Å²) in [5.74, 6) is 1.05. The molecule has 132 valence electrons. The predicted octanol–water partition coefficient (Wildman–Crippen LogP) is 3.86. The number of rotatable bonds is 9. The second-order valence-corrected chi connectivity index (χ2v) is 5.64. The van der Waals surface area contributed by atoms with Crippen molar-refractivity contribution in [1.29, 1.82) is 0 Å². The van der Waals surface area contributed by atoms with Gasteiger partial charge < -0.3 is 14.8 Å². The van der Waals surface area contributed by atoms with Crippen LogP contribution in [0.1, 0.15) is 24.5 Å². The fourth-order valence-corrected chi connectivity index (χ4v) is 2.46. The van der Waals surface area contributed by atoms with Crippen molar-refractivity contribution in [2.75, 3.05) is 20.3 Å². The number of nitrogens with one attached hydrogen (secondary N) is 1. The Labute approximate surface area is 149 Å². The highest BCUT2D eigenvalue weighted by atomic mass is 16.5. The Morgan fingerprint density at radius 3 is 2.64 bits per heavy atom. The monoisotopic (exact) mass is 339 g/mol. The Morgan fingerprint density at radius 2 is 1.92 bits per heavy atom. The maximum absolute atomic E-state index is 11.9. The third kappa shape index (κ3) is 6.34. The molecule has 25 heavy (non-hydrogen) atoms. The zero-order valence-corrected chi connectivity index (χ0v) is 14.8. The SMILES string of the molecule is C/C=C/c1ccc(OCC(=O)NCCCc2ccccc2)c(OC)c1. The first kappa shape index (κ1) is 18.6. The molecule has 0 fully saturated rings. The van der Waals surface area contributed by atoms with Gasteiger partial charge in [-0.2, -0.15) is 0 Å². The summed E-state index contributed by atoms with van der Waals surface area (Å²) in [6.07, 6.45) is 5.78. The van der Waals surface area contributed by atoms with Gasteiger partial charge in [0.25, 0.3) is 5.91 Å². The fraction of sp³-hybridized carbons (Fsp3) is 0.286. The number of carbonyl (C=O) groups excluding carboxylic acids is 1. The average Bonchev–Trinajstić information content (AvgIpc) is 2.65. The van der Waals surface area contributed by atoms with E-state index in [0.29, 0.717) is 18.0 Å². The highest BCUT2D eigenvalue weighted by Crippen LogP contribution is 2.28. The molecule has 2 rings (SSSR count). The summed E-state index contributed by atoms with van der Waals surface area (Å²) < 4.78 is 10.9. The topological polar surface area (TPSA) is 47.6 Å². The Morgan fingerprint density at radius 1 is 1.12 bits per heavy atom. The summed E-state index contributed by atoms with van der Waals surface area (Å²) in [7, 11) is 1.59. The Balaban J connectivity index is 1.74. The van der Waals surface area contributed by atoms with Crippen molar-refractivity contribution in [2.24, 2.45) is 0 Å². The quantitative estimate of drug-likeness (QED) is 0.706. The lowest BCUT2D eigenvalue weighted by molar-refractivity contribution is -0.123. The molecule has 1 N–H and O–H groups in total. The van der Waals surface area contributed by atoms with Crippen molar-refractivity contribution in [1.82, 2.24) is 5.32 Å². The molecule has 0 radical (unpaired) electrons. The zero-order valence-electron chi connectivity index (χ0n) is 14.8. The number of aryl methyl sites for hydroxylation is 1. The normalized spacial score (nSPS) is 10.6. The number of hydrogen-bond acceptors (Lipinski definition) is 3. The van der Waals surface area contributed by atoms with Gasteiger partial charge in [0.1, 0.15) is 0 Å². The van der Waals surface area contributed by atoms with Crippen LogP contribution in [0.5, 0.6) is 11.5 Å². The third-order valence-corrected chi connectivity index (χ3v) is 3.71. The van der Waals surface area contributed by atoms with Gasteiger partial charge in [-0.25, -0.2) is 0 Å². The first-order valence-corrected chi connectivity index (χ1v) is 8.47. The lowest BCUT2D eigenvalue weighted by Gasteiger charge is -2.11. The molecule has 0 spiro atoms. The second-order valence-electron chi connectivity index (χ2n) is 5.64. The summed E-state index contributed by atoms with van der Waals surface area (Å²) in [6, 6.07) is 15.9. The van der Waals surface area contributed by atoms with Crippen molar-refractivity contribution in [2.45, 2.75) is 19.8 Å². The molecule has 0 saturated heterocycles. The molecule has 0 aliphatic heterocycles. The minimum atomic E-state index is -0.132. The van der Waals surface area contributed by atoms with Gasteiger partial charge in [0, 0.05) is 6.54 Å². The van der Waals surface area contributed by atoms with Crippen molar-refractivity contribution in [3.63, 3.8) is 0 Å². The van der Waals surface area contributed by atoms with E-state index in [1.807, 2.05) is 55.5 Å². The van der Waals surface area contributed by atoms with Gasteiger partial charge in [0.15, 0.2) is 18.1 Å². The van der Waals surface area contributed by atoms with Crippen molar-refractivity contribution < 1.29 is 14.3 Å². The first-order valence-electron chi connectivity index (χ1n) is 8.47. The molecule has 0 aliphatic carbocycles. The van der Waals surface area contributed by atoms with E-state index in [-0.39, 0.29) is 12.5 Å². The van der Waals surface area contributed by atoms with E-state index in [4.69, 9.17) is 9.47 Å². The summed E-state index contributed by atoms with van der Waals surface area (Å²) in [6.45, 7) is 2.57. The molecule has 2 aromatic carbocycles. The maximum Gasteiger partial charge on any atom is 0.257 e. The number of ether oxygens (including phenoxy) is 2. The van der Waals surface area contributed by atoms with Gasteiger partial charge in [-0.3, -0.25) is 4.79 Å². The molecule has 2 aromatic rings. The van der Waals surface area contributed by atoms with E-state index >= 15 is 0 Å². The maximum atomic E-state index is 11.9. The molecular weight excluding hydrogens is 314 g/mol. The standard InChI is InChI=1S/C21H25NO3/c1-3-8-18-12-13-19(20(15-18)24-2)25-16-21(23)22-14-7-11-17-9-5-4-6-10-17/h3-6,8-10,12-13,15H,7,11,14,16H2,1-2H3,(H,22,23)/b8-3+. The largest absolute Gasteiger partial charge is 0.493 e. The van der Waals surface area contributed by atoms with Crippen LogP contribution in [0.15, 0.2) is 54.6 Å². The van der Waals surface area contributed by atoms with Crippen LogP contribution in [0.4, 0.5) is 0 Å². The summed E-state index contributed by atoms with van der Waals surface area (Å²) >= 11 is 0. The number of carbonyl (C=O) groups is 1. The van der Waals surface area contributed by atoms with Crippen molar-refractivity contribution in [3.8, 4) is 11.5 Å². The van der Waals surface area contributed by atoms with E-state index in [9.17, 15) is 4.79 Å². The van der Waals surface area contributed by atoms with E-state index in [0.717, 1.165) is 18.4 Å². The molecule has 0 saturated carbocycles. The summed E-state index contributed by atoms with van der Waals surface area (Å²) in [5, 5.41) is 2.88. The number of methoxy groups -OCH3 is 1. The molecule has 1 amide bonds. The van der Waals surface area contributed by atoms with Gasteiger partial charge in [-0.15, -0.1) is 0 Å². The Hall–Kier alpha value is -2.75. The molecule has 0 unspecified atom stereocenters. The molecule has 0 atom stereocenters. The number of benzene rings is 2. The van der Waals surface area contributed by atoms with Crippen LogP contribution in [-0.2, 0) is 11.2 Å². The fourth-order valence-electron chi connectivity index (χ4n) is 2.46. The van der Waals surface area contributed by atoms with Gasteiger partial charge in [-0.1, -0.05) is 48.6 Å². The minimum Gasteiger partial charge on any atom is -0.493 e. The number of allylic oxidation sites excluding steroid dienone is 1. The minimum absolute atomic E-state index is 0.0232. The molecular formula is C21H25NO3. The lowest BCUT2D eigenvalue weighted by Crippen LogP contribution is -2.30. The van der Waals surface area contributed by atoms with Crippen molar-refractivity contribution in [3.05, 3.63) is 65.7 Å². The smallest absolute Gasteiger partial charge is 0.257 e. The van der Waals surface area contributed by atoms with Crippen LogP contribution in [0.25, 0.3) is 6.08 Å². The zero-order chi connectivity index (χ0) is 17.9. The van der Waals surface area contributed by atoms with E-state index < -0.39 is 0 Å². The summed E-state index contributed by atoms with van der Waals surface area (Å²) in [4.78, 5) is 11.9. The molecule has 0 heterocycles. The average molecular weight is 339 g/mol. The van der Waals surface area contributed by atoms with Crippen molar-refractivity contribution >= 4 is 12.0 Å². The molecule has 4 nitrogen and oxygen atoms in total. The molecule has 0 aliphatic rings. The van der Waals surface area contributed by atoms with Crippen LogP contribution >= 0.6 is 0 Å². The predicted molar refractivity (Wildman–Crippen MR) is 101 cm³/mol. The Bertz CT molecular complexity index is 696. The third-order valence-electron chi connectivity index (χ3n) is 3.71. The van der Waals surface area contributed by atoms with Crippen LogP contribution in [-0.4, -0.2) is 26.2 Å². The van der Waals surface area contributed by atoms with E-state index in [2.05, 4.69) is 17.4 Å². The Kier molecular flexibility index (Phi) is 7.57. The highest BCUT2D eigenvalue weighted by molar-refractivity contribution is 5.77.